The van der Waals surface area contributed by atoms with Crippen molar-refractivity contribution in [2.45, 2.75) is 13.2 Å². The molecule has 0 bridgehead atoms. The van der Waals surface area contributed by atoms with E-state index in [0.29, 0.717) is 10.6 Å². The first-order chi connectivity index (χ1) is 9.52. The van der Waals surface area contributed by atoms with Crippen LogP contribution in [0.1, 0.15) is 11.1 Å². The number of benzene rings is 2. The summed E-state index contributed by atoms with van der Waals surface area (Å²) >= 11 is 17.8. The van der Waals surface area contributed by atoms with Crippen LogP contribution in [0.15, 0.2) is 30.3 Å². The van der Waals surface area contributed by atoms with E-state index in [1.54, 1.807) is 6.07 Å². The largest absolute Gasteiger partial charge is 0.487 e. The quantitative estimate of drug-likeness (QED) is 0.865. The number of aliphatic hydroxyl groups is 1. The fourth-order valence-electron chi connectivity index (χ4n) is 1.71. The summed E-state index contributed by atoms with van der Waals surface area (Å²) in [5.41, 5.74) is 0.652. The number of ether oxygens (including phenoxy) is 1. The van der Waals surface area contributed by atoms with E-state index in [1.165, 1.54) is 24.3 Å². The first-order valence-electron chi connectivity index (χ1n) is 5.67. The van der Waals surface area contributed by atoms with Crippen molar-refractivity contribution in [1.29, 1.82) is 0 Å². The van der Waals surface area contributed by atoms with Gasteiger partial charge >= 0.3 is 0 Å². The fraction of sp³-hybridized carbons (Fsp3) is 0.143. The Kier molecular flexibility index (Phi) is 5.11. The lowest BCUT2D eigenvalue weighted by atomic mass is 10.2. The van der Waals surface area contributed by atoms with E-state index < -0.39 is 5.82 Å². The van der Waals surface area contributed by atoms with E-state index in [9.17, 15) is 9.50 Å². The molecule has 0 radical (unpaired) electrons. The zero-order valence-electron chi connectivity index (χ0n) is 10.2. The second-order valence-electron chi connectivity index (χ2n) is 4.02. The molecule has 2 aromatic rings. The number of hydrogen-bond donors (Lipinski definition) is 1. The van der Waals surface area contributed by atoms with Crippen LogP contribution in [0.4, 0.5) is 4.39 Å². The minimum absolute atomic E-state index is 0.0974. The van der Waals surface area contributed by atoms with Gasteiger partial charge < -0.3 is 9.84 Å². The third kappa shape index (κ3) is 3.36. The van der Waals surface area contributed by atoms with Crippen molar-refractivity contribution in [2.24, 2.45) is 0 Å². The van der Waals surface area contributed by atoms with Gasteiger partial charge in [0.1, 0.15) is 18.2 Å². The molecule has 2 nitrogen and oxygen atoms in total. The number of halogens is 4. The van der Waals surface area contributed by atoms with Crippen LogP contribution in [-0.4, -0.2) is 5.11 Å². The number of hydrogen-bond acceptors (Lipinski definition) is 2. The van der Waals surface area contributed by atoms with Crippen molar-refractivity contribution >= 4 is 34.8 Å². The van der Waals surface area contributed by atoms with Crippen LogP contribution >= 0.6 is 34.8 Å². The van der Waals surface area contributed by atoms with Gasteiger partial charge in [-0.3, -0.25) is 0 Å². The highest BCUT2D eigenvalue weighted by Gasteiger charge is 2.13. The van der Waals surface area contributed by atoms with E-state index >= 15 is 0 Å². The Morgan fingerprint density at radius 1 is 1.10 bits per heavy atom. The second-order valence-corrected chi connectivity index (χ2v) is 5.27. The van der Waals surface area contributed by atoms with Gasteiger partial charge in [-0.1, -0.05) is 40.9 Å². The standard InChI is InChI=1S/C14H10Cl3FO2/c15-9-4-8(6-19)14(12(17)5-9)20-7-10-11(16)2-1-3-13(10)18/h1-5,19H,6-7H2. The highest BCUT2D eigenvalue weighted by Crippen LogP contribution is 2.33. The summed E-state index contributed by atoms with van der Waals surface area (Å²) in [5, 5.41) is 10.2. The summed E-state index contributed by atoms with van der Waals surface area (Å²) in [4.78, 5) is 0. The molecule has 0 unspecified atom stereocenters. The van der Waals surface area contributed by atoms with Crippen LogP contribution in [0.5, 0.6) is 5.75 Å². The lowest BCUT2D eigenvalue weighted by Crippen LogP contribution is -2.02. The summed E-state index contributed by atoms with van der Waals surface area (Å²) in [6.45, 7) is -0.388. The molecule has 0 spiro atoms. The average molecular weight is 336 g/mol. The van der Waals surface area contributed by atoms with Crippen LogP contribution in [0.2, 0.25) is 15.1 Å². The first-order valence-corrected chi connectivity index (χ1v) is 6.80. The molecule has 0 amide bonds. The van der Waals surface area contributed by atoms with Gasteiger partial charge in [0.05, 0.1) is 16.7 Å². The van der Waals surface area contributed by atoms with Gasteiger partial charge in [0, 0.05) is 16.1 Å². The molecule has 0 fully saturated rings. The fourth-order valence-corrected chi connectivity index (χ4v) is 2.52. The van der Waals surface area contributed by atoms with Crippen molar-refractivity contribution in [1.82, 2.24) is 0 Å². The van der Waals surface area contributed by atoms with E-state index in [1.807, 2.05) is 0 Å². The maximum absolute atomic E-state index is 13.6. The molecule has 0 saturated heterocycles. The van der Waals surface area contributed by atoms with Crippen molar-refractivity contribution in [2.75, 3.05) is 0 Å². The molecular formula is C14H10Cl3FO2. The van der Waals surface area contributed by atoms with Crippen LogP contribution in [0.25, 0.3) is 0 Å². The van der Waals surface area contributed by atoms with Crippen molar-refractivity contribution in [3.05, 3.63) is 62.3 Å². The topological polar surface area (TPSA) is 29.5 Å². The summed E-state index contributed by atoms with van der Waals surface area (Å²) in [6, 6.07) is 7.39. The van der Waals surface area contributed by atoms with Crippen LogP contribution in [-0.2, 0) is 13.2 Å². The number of rotatable bonds is 4. The molecule has 20 heavy (non-hydrogen) atoms. The Labute approximate surface area is 130 Å². The van der Waals surface area contributed by atoms with Gasteiger partial charge in [0.25, 0.3) is 0 Å². The Bertz CT molecular complexity index is 612. The Hall–Kier alpha value is -1.00. The molecular weight excluding hydrogens is 326 g/mol. The van der Waals surface area contributed by atoms with E-state index in [2.05, 4.69) is 0 Å². The Balaban J connectivity index is 2.27. The Morgan fingerprint density at radius 2 is 1.85 bits per heavy atom. The lowest BCUT2D eigenvalue weighted by molar-refractivity contribution is 0.257. The molecule has 0 aliphatic heterocycles. The predicted molar refractivity (Wildman–Crippen MR) is 78.1 cm³/mol. The third-order valence-electron chi connectivity index (χ3n) is 2.68. The van der Waals surface area contributed by atoms with E-state index in [4.69, 9.17) is 39.5 Å². The van der Waals surface area contributed by atoms with Crippen molar-refractivity contribution < 1.29 is 14.2 Å². The molecule has 0 saturated carbocycles. The van der Waals surface area contributed by atoms with Gasteiger partial charge in [-0.2, -0.15) is 0 Å². The maximum atomic E-state index is 13.6. The highest BCUT2D eigenvalue weighted by molar-refractivity contribution is 6.35. The minimum Gasteiger partial charge on any atom is -0.487 e. The average Bonchev–Trinajstić information content (AvgIpc) is 2.39. The second kappa shape index (κ2) is 6.64. The van der Waals surface area contributed by atoms with Crippen molar-refractivity contribution in [3.63, 3.8) is 0 Å². The molecule has 0 aromatic heterocycles. The van der Waals surface area contributed by atoms with Gasteiger partial charge in [-0.25, -0.2) is 4.39 Å². The summed E-state index contributed by atoms with van der Waals surface area (Å²) in [5.74, 6) is -0.203. The molecule has 0 aliphatic carbocycles. The zero-order chi connectivity index (χ0) is 14.7. The zero-order valence-corrected chi connectivity index (χ0v) is 12.4. The van der Waals surface area contributed by atoms with Crippen molar-refractivity contribution in [3.8, 4) is 5.75 Å². The smallest absolute Gasteiger partial charge is 0.144 e. The van der Waals surface area contributed by atoms with Crippen LogP contribution in [0.3, 0.4) is 0 Å². The van der Waals surface area contributed by atoms with Gasteiger partial charge in [-0.15, -0.1) is 0 Å². The molecule has 2 rings (SSSR count). The van der Waals surface area contributed by atoms with Crippen LogP contribution in [0, 0.1) is 5.82 Å². The highest BCUT2D eigenvalue weighted by atomic mass is 35.5. The molecule has 0 atom stereocenters. The first kappa shape index (κ1) is 15.4. The maximum Gasteiger partial charge on any atom is 0.144 e. The molecule has 0 heterocycles. The summed E-state index contributed by atoms with van der Waals surface area (Å²) < 4.78 is 19.1. The normalized spacial score (nSPS) is 10.7. The van der Waals surface area contributed by atoms with Gasteiger partial charge in [-0.05, 0) is 24.3 Å². The third-order valence-corrected chi connectivity index (χ3v) is 3.53. The van der Waals surface area contributed by atoms with E-state index in [-0.39, 0.29) is 34.6 Å². The van der Waals surface area contributed by atoms with E-state index in [0.717, 1.165) is 0 Å². The molecule has 6 heteroatoms. The molecule has 1 N–H and O–H groups in total. The van der Waals surface area contributed by atoms with Crippen LogP contribution < -0.4 is 4.74 Å². The monoisotopic (exact) mass is 334 g/mol. The van der Waals surface area contributed by atoms with Gasteiger partial charge in [0.15, 0.2) is 0 Å². The minimum atomic E-state index is -0.465. The SMILES string of the molecule is OCc1cc(Cl)cc(Cl)c1OCc1c(F)cccc1Cl. The lowest BCUT2D eigenvalue weighted by Gasteiger charge is -2.13. The molecule has 2 aromatic carbocycles. The number of aliphatic hydroxyl groups excluding tert-OH is 1. The van der Waals surface area contributed by atoms with Gasteiger partial charge in [0.2, 0.25) is 0 Å². The predicted octanol–water partition coefficient (Wildman–Crippen LogP) is 4.86. The molecule has 106 valence electrons. The Morgan fingerprint density at radius 3 is 2.50 bits per heavy atom. The summed E-state index contributed by atoms with van der Waals surface area (Å²) in [6.07, 6.45) is 0. The summed E-state index contributed by atoms with van der Waals surface area (Å²) in [7, 11) is 0. The molecule has 0 aliphatic rings.